The molecule has 0 aliphatic carbocycles. The minimum atomic E-state index is -0.538. The van der Waals surface area contributed by atoms with E-state index in [9.17, 15) is 18.8 Å². The standard InChI is InChI=1S/C27H23Cl2FN2O4/c1-15(2)27(35)36-11-10-31-26(34)17-5-4-16(3)21(12-17)25(33)20-8-7-19(14-22(20)29)32-24-9-6-18(28)13-23(24)30/h4-9,12-14,32H,1,10-11H2,2-3H3,(H,31,34). The topological polar surface area (TPSA) is 84.5 Å². The molecule has 0 saturated heterocycles. The van der Waals surface area contributed by atoms with E-state index in [1.807, 2.05) is 0 Å². The Morgan fingerprint density at radius 2 is 1.75 bits per heavy atom. The average molecular weight is 529 g/mol. The van der Waals surface area contributed by atoms with Gasteiger partial charge in [-0.3, -0.25) is 9.59 Å². The highest BCUT2D eigenvalue weighted by Gasteiger charge is 2.18. The number of ether oxygens (including phenoxy) is 1. The summed E-state index contributed by atoms with van der Waals surface area (Å²) in [4.78, 5) is 37.2. The third-order valence-electron chi connectivity index (χ3n) is 5.14. The second-order valence-corrected chi connectivity index (χ2v) is 8.82. The van der Waals surface area contributed by atoms with Crippen LogP contribution in [0.25, 0.3) is 0 Å². The number of benzene rings is 3. The van der Waals surface area contributed by atoms with Crippen molar-refractivity contribution in [2.75, 3.05) is 18.5 Å². The van der Waals surface area contributed by atoms with Crippen molar-refractivity contribution in [3.05, 3.63) is 105 Å². The van der Waals surface area contributed by atoms with Gasteiger partial charge in [0.2, 0.25) is 0 Å². The van der Waals surface area contributed by atoms with Gasteiger partial charge in [-0.1, -0.05) is 35.8 Å². The van der Waals surface area contributed by atoms with Crippen molar-refractivity contribution in [1.82, 2.24) is 5.32 Å². The fourth-order valence-electron chi connectivity index (χ4n) is 3.21. The zero-order chi connectivity index (χ0) is 26.4. The van der Waals surface area contributed by atoms with E-state index >= 15 is 0 Å². The summed E-state index contributed by atoms with van der Waals surface area (Å²) in [6.45, 7) is 6.86. The van der Waals surface area contributed by atoms with Gasteiger partial charge in [-0.25, -0.2) is 9.18 Å². The quantitative estimate of drug-likeness (QED) is 0.148. The normalized spacial score (nSPS) is 10.5. The van der Waals surface area contributed by atoms with Crippen LogP contribution in [-0.4, -0.2) is 30.8 Å². The molecule has 0 bridgehead atoms. The van der Waals surface area contributed by atoms with Gasteiger partial charge >= 0.3 is 5.97 Å². The zero-order valence-corrected chi connectivity index (χ0v) is 21.1. The zero-order valence-electron chi connectivity index (χ0n) is 19.6. The van der Waals surface area contributed by atoms with Crippen LogP contribution in [0.1, 0.15) is 38.8 Å². The SMILES string of the molecule is C=C(C)C(=O)OCCNC(=O)c1ccc(C)c(C(=O)c2ccc(Nc3ccc(Cl)cc3F)cc2Cl)c1. The second kappa shape index (κ2) is 11.8. The summed E-state index contributed by atoms with van der Waals surface area (Å²) in [5.41, 5.74) is 2.42. The van der Waals surface area contributed by atoms with Crippen LogP contribution in [0.5, 0.6) is 0 Å². The Morgan fingerprint density at radius 3 is 2.42 bits per heavy atom. The Hall–Kier alpha value is -3.68. The van der Waals surface area contributed by atoms with Crippen LogP contribution in [0, 0.1) is 12.7 Å². The Labute approximate surface area is 218 Å². The van der Waals surface area contributed by atoms with Crippen LogP contribution in [-0.2, 0) is 9.53 Å². The fourth-order valence-corrected chi connectivity index (χ4v) is 3.64. The maximum Gasteiger partial charge on any atom is 0.333 e. The van der Waals surface area contributed by atoms with E-state index in [-0.39, 0.29) is 51.4 Å². The smallest absolute Gasteiger partial charge is 0.333 e. The molecule has 0 aliphatic heterocycles. The molecule has 1 amide bonds. The van der Waals surface area contributed by atoms with Gasteiger partial charge in [0.05, 0.1) is 17.3 Å². The highest BCUT2D eigenvalue weighted by Crippen LogP contribution is 2.28. The molecule has 0 saturated carbocycles. The molecule has 3 aromatic carbocycles. The Balaban J connectivity index is 1.73. The van der Waals surface area contributed by atoms with Crippen LogP contribution < -0.4 is 10.6 Å². The lowest BCUT2D eigenvalue weighted by atomic mass is 9.96. The molecule has 6 nitrogen and oxygen atoms in total. The lowest BCUT2D eigenvalue weighted by Gasteiger charge is -2.12. The maximum atomic E-state index is 14.1. The number of aryl methyl sites for hydroxylation is 1. The maximum absolute atomic E-state index is 14.1. The molecule has 186 valence electrons. The van der Waals surface area contributed by atoms with Crippen molar-refractivity contribution >= 4 is 52.2 Å². The molecule has 0 atom stereocenters. The lowest BCUT2D eigenvalue weighted by Crippen LogP contribution is -2.28. The van der Waals surface area contributed by atoms with Crippen LogP contribution in [0.15, 0.2) is 66.7 Å². The minimum Gasteiger partial charge on any atom is -0.460 e. The van der Waals surface area contributed by atoms with E-state index in [2.05, 4.69) is 17.2 Å². The van der Waals surface area contributed by atoms with Gasteiger partial charge < -0.3 is 15.4 Å². The number of halogens is 3. The van der Waals surface area contributed by atoms with Gasteiger partial charge in [0, 0.05) is 33.0 Å². The van der Waals surface area contributed by atoms with Crippen molar-refractivity contribution in [2.45, 2.75) is 13.8 Å². The highest BCUT2D eigenvalue weighted by atomic mass is 35.5. The van der Waals surface area contributed by atoms with E-state index in [0.717, 1.165) is 0 Å². The Kier molecular flexibility index (Phi) is 8.85. The molecular weight excluding hydrogens is 506 g/mol. The van der Waals surface area contributed by atoms with Crippen molar-refractivity contribution in [3.8, 4) is 0 Å². The molecule has 0 aliphatic rings. The van der Waals surface area contributed by atoms with Crippen molar-refractivity contribution in [3.63, 3.8) is 0 Å². The number of rotatable bonds is 9. The van der Waals surface area contributed by atoms with Crippen LogP contribution in [0.4, 0.5) is 15.8 Å². The van der Waals surface area contributed by atoms with Gasteiger partial charge in [0.25, 0.3) is 5.91 Å². The molecule has 0 heterocycles. The first-order valence-electron chi connectivity index (χ1n) is 10.8. The third kappa shape index (κ3) is 6.71. The number of hydrogen-bond donors (Lipinski definition) is 2. The number of esters is 1. The molecular formula is C27H23Cl2FN2O4. The number of anilines is 2. The van der Waals surface area contributed by atoms with E-state index in [4.69, 9.17) is 27.9 Å². The highest BCUT2D eigenvalue weighted by molar-refractivity contribution is 6.35. The number of carbonyl (C=O) groups excluding carboxylic acids is 3. The van der Waals surface area contributed by atoms with E-state index in [0.29, 0.717) is 16.8 Å². The lowest BCUT2D eigenvalue weighted by molar-refractivity contribution is -0.138. The number of amides is 1. The summed E-state index contributed by atoms with van der Waals surface area (Å²) >= 11 is 12.2. The first kappa shape index (κ1) is 26.9. The van der Waals surface area contributed by atoms with E-state index in [1.165, 1.54) is 37.3 Å². The molecule has 2 N–H and O–H groups in total. The van der Waals surface area contributed by atoms with Gasteiger partial charge in [-0.15, -0.1) is 0 Å². The van der Waals surface area contributed by atoms with Crippen LogP contribution >= 0.6 is 23.2 Å². The summed E-state index contributed by atoms with van der Waals surface area (Å²) in [5.74, 6) is -1.86. The van der Waals surface area contributed by atoms with Crippen LogP contribution in [0.2, 0.25) is 10.0 Å². The number of nitrogens with one attached hydrogen (secondary N) is 2. The monoisotopic (exact) mass is 528 g/mol. The van der Waals surface area contributed by atoms with Crippen molar-refractivity contribution in [2.24, 2.45) is 0 Å². The largest absolute Gasteiger partial charge is 0.460 e. The Bertz CT molecular complexity index is 1360. The molecule has 0 aromatic heterocycles. The van der Waals surface area contributed by atoms with Gasteiger partial charge in [-0.05, 0) is 67.9 Å². The van der Waals surface area contributed by atoms with Crippen molar-refractivity contribution in [1.29, 1.82) is 0 Å². The van der Waals surface area contributed by atoms with Gasteiger partial charge in [0.1, 0.15) is 12.4 Å². The van der Waals surface area contributed by atoms with Crippen LogP contribution in [0.3, 0.4) is 0 Å². The van der Waals surface area contributed by atoms with E-state index in [1.54, 1.807) is 31.2 Å². The summed E-state index contributed by atoms with van der Waals surface area (Å²) in [7, 11) is 0. The summed E-state index contributed by atoms with van der Waals surface area (Å²) in [6.07, 6.45) is 0. The molecule has 9 heteroatoms. The molecule has 0 fully saturated rings. The minimum absolute atomic E-state index is 0.00893. The van der Waals surface area contributed by atoms with Crippen molar-refractivity contribution < 1.29 is 23.5 Å². The second-order valence-electron chi connectivity index (χ2n) is 7.97. The van der Waals surface area contributed by atoms with Gasteiger partial charge in [0.15, 0.2) is 5.78 Å². The average Bonchev–Trinajstić information content (AvgIpc) is 2.83. The summed E-state index contributed by atoms with van der Waals surface area (Å²) in [6, 6.07) is 13.6. The first-order valence-corrected chi connectivity index (χ1v) is 11.6. The first-order chi connectivity index (χ1) is 17.1. The molecule has 3 rings (SSSR count). The molecule has 0 radical (unpaired) electrons. The number of carbonyl (C=O) groups is 3. The Morgan fingerprint density at radius 1 is 1.00 bits per heavy atom. The fraction of sp³-hybridized carbons (Fsp3) is 0.148. The predicted octanol–water partition coefficient (Wildman–Crippen LogP) is 6.26. The molecule has 36 heavy (non-hydrogen) atoms. The molecule has 3 aromatic rings. The number of hydrogen-bond acceptors (Lipinski definition) is 5. The molecule has 0 spiro atoms. The summed E-state index contributed by atoms with van der Waals surface area (Å²) < 4.78 is 19.0. The predicted molar refractivity (Wildman–Crippen MR) is 139 cm³/mol. The summed E-state index contributed by atoms with van der Waals surface area (Å²) in [5, 5.41) is 5.97. The molecule has 0 unspecified atom stereocenters. The number of ketones is 1. The van der Waals surface area contributed by atoms with E-state index < -0.39 is 17.7 Å². The third-order valence-corrected chi connectivity index (χ3v) is 5.69. The van der Waals surface area contributed by atoms with Gasteiger partial charge in [-0.2, -0.15) is 0 Å².